The predicted molar refractivity (Wildman–Crippen MR) is 67.4 cm³/mol. The van der Waals surface area contributed by atoms with E-state index in [1.54, 1.807) is 36.4 Å². The van der Waals surface area contributed by atoms with E-state index in [0.717, 1.165) is 0 Å². The molecule has 0 unspecified atom stereocenters. The second kappa shape index (κ2) is 5.20. The Morgan fingerprint density at radius 2 is 1.83 bits per heavy atom. The zero-order chi connectivity index (χ0) is 13.0. The zero-order valence-electron chi connectivity index (χ0n) is 9.54. The second-order valence-corrected chi connectivity index (χ2v) is 5.13. The van der Waals surface area contributed by atoms with Crippen LogP contribution < -0.4 is 9.92 Å². The van der Waals surface area contributed by atoms with Crippen molar-refractivity contribution in [2.24, 2.45) is 5.73 Å². The van der Waals surface area contributed by atoms with E-state index in [1.807, 2.05) is 0 Å². The average molecular weight is 262 g/mol. The van der Waals surface area contributed by atoms with Crippen molar-refractivity contribution < 1.29 is 12.6 Å². The first-order valence-corrected chi connectivity index (χ1v) is 6.73. The number of hydrogen-bond acceptors (Lipinski definition) is 4. The molecule has 0 saturated carbocycles. The normalized spacial score (nSPS) is 11.2. The van der Waals surface area contributed by atoms with Crippen LogP contribution in [0.4, 0.5) is 0 Å². The molecule has 1 radical (unpaired) electrons. The molecule has 0 amide bonds. The number of hydrogen-bond donors (Lipinski definition) is 1. The summed E-state index contributed by atoms with van der Waals surface area (Å²) in [5, 5.41) is 0. The largest absolute Gasteiger partial charge is 0.378 e. The fraction of sp³-hybridized carbons (Fsp3) is 0.0769. The van der Waals surface area contributed by atoms with Crippen LogP contribution in [0.15, 0.2) is 53.4 Å². The smallest absolute Gasteiger partial charge is 0.339 e. The van der Waals surface area contributed by atoms with Gasteiger partial charge < -0.3 is 9.92 Å². The fourth-order valence-electron chi connectivity index (χ4n) is 1.44. The highest BCUT2D eigenvalue weighted by Gasteiger charge is 2.17. The van der Waals surface area contributed by atoms with Crippen LogP contribution in [0.1, 0.15) is 5.56 Å². The number of benzene rings is 2. The minimum absolute atomic E-state index is 0.102. The minimum atomic E-state index is -3.83. The van der Waals surface area contributed by atoms with Crippen molar-refractivity contribution in [2.45, 2.75) is 11.4 Å². The molecule has 0 fully saturated rings. The molecule has 0 aromatic heterocycles. The van der Waals surface area contributed by atoms with Crippen molar-refractivity contribution in [3.8, 4) is 5.75 Å². The summed E-state index contributed by atoms with van der Waals surface area (Å²) in [4.78, 5) is 0.102. The Kier molecular flexibility index (Phi) is 3.64. The van der Waals surface area contributed by atoms with Crippen molar-refractivity contribution >= 4 is 10.1 Å². The van der Waals surface area contributed by atoms with Crippen LogP contribution in [0.2, 0.25) is 0 Å². The average Bonchev–Trinajstić information content (AvgIpc) is 2.40. The SMILES string of the molecule is NCc1ccc[c]c1OS(=O)(=O)c1ccccc1. The van der Waals surface area contributed by atoms with Gasteiger partial charge in [0.15, 0.2) is 5.75 Å². The van der Waals surface area contributed by atoms with Crippen molar-refractivity contribution in [2.75, 3.05) is 0 Å². The van der Waals surface area contributed by atoms with Crippen LogP contribution in [-0.4, -0.2) is 8.42 Å². The maximum Gasteiger partial charge on any atom is 0.339 e. The van der Waals surface area contributed by atoms with E-state index in [-0.39, 0.29) is 17.2 Å². The van der Waals surface area contributed by atoms with Crippen molar-refractivity contribution in [3.05, 3.63) is 60.2 Å². The molecule has 0 atom stereocenters. The third-order valence-electron chi connectivity index (χ3n) is 2.34. The molecule has 4 nitrogen and oxygen atoms in total. The monoisotopic (exact) mass is 262 g/mol. The second-order valence-electron chi connectivity index (χ2n) is 3.58. The van der Waals surface area contributed by atoms with Crippen LogP contribution in [0, 0.1) is 6.07 Å². The highest BCUT2D eigenvalue weighted by Crippen LogP contribution is 2.21. The summed E-state index contributed by atoms with van der Waals surface area (Å²) in [6.45, 7) is 0.191. The first kappa shape index (κ1) is 12.6. The molecule has 0 spiro atoms. The summed E-state index contributed by atoms with van der Waals surface area (Å²) >= 11 is 0. The summed E-state index contributed by atoms with van der Waals surface area (Å²) in [5.74, 6) is 0.142. The maximum atomic E-state index is 12.0. The van der Waals surface area contributed by atoms with Crippen LogP contribution in [0.25, 0.3) is 0 Å². The van der Waals surface area contributed by atoms with Gasteiger partial charge in [0.1, 0.15) is 4.90 Å². The first-order chi connectivity index (χ1) is 8.63. The topological polar surface area (TPSA) is 69.4 Å². The molecule has 93 valence electrons. The molecule has 2 N–H and O–H groups in total. The van der Waals surface area contributed by atoms with Crippen molar-refractivity contribution in [3.63, 3.8) is 0 Å². The molecular formula is C13H12NO3S. The van der Waals surface area contributed by atoms with Crippen molar-refractivity contribution in [1.82, 2.24) is 0 Å². The molecule has 0 aliphatic heterocycles. The predicted octanol–water partition coefficient (Wildman–Crippen LogP) is 1.71. The lowest BCUT2D eigenvalue weighted by atomic mass is 10.2. The molecule has 2 aromatic carbocycles. The van der Waals surface area contributed by atoms with Gasteiger partial charge in [0, 0.05) is 18.2 Å². The third-order valence-corrected chi connectivity index (χ3v) is 3.58. The van der Waals surface area contributed by atoms with E-state index in [4.69, 9.17) is 9.92 Å². The standard InChI is InChI=1S/C13H12NO3S/c14-10-11-6-4-5-9-13(11)17-18(15,16)12-7-2-1-3-8-12/h1-8H,10,14H2. The van der Waals surface area contributed by atoms with Gasteiger partial charge in [0.2, 0.25) is 0 Å². The summed E-state index contributed by atoms with van der Waals surface area (Å²) < 4.78 is 29.0. The molecule has 18 heavy (non-hydrogen) atoms. The van der Waals surface area contributed by atoms with E-state index >= 15 is 0 Å². The molecule has 5 heteroatoms. The van der Waals surface area contributed by atoms with Gasteiger partial charge >= 0.3 is 10.1 Å². The summed E-state index contributed by atoms with van der Waals surface area (Å²) in [5.41, 5.74) is 6.11. The van der Waals surface area contributed by atoms with Gasteiger partial charge in [-0.3, -0.25) is 0 Å². The molecule has 0 saturated heterocycles. The van der Waals surface area contributed by atoms with E-state index in [1.165, 1.54) is 12.1 Å². The van der Waals surface area contributed by atoms with Gasteiger partial charge in [-0.25, -0.2) is 0 Å². The molecular weight excluding hydrogens is 250 g/mol. The van der Waals surface area contributed by atoms with Crippen LogP contribution >= 0.6 is 0 Å². The number of para-hydroxylation sites is 1. The molecule has 0 aliphatic rings. The lowest BCUT2D eigenvalue weighted by molar-refractivity contribution is 0.482. The van der Waals surface area contributed by atoms with Crippen LogP contribution in [0.3, 0.4) is 0 Å². The van der Waals surface area contributed by atoms with E-state index in [9.17, 15) is 8.42 Å². The van der Waals surface area contributed by atoms with Gasteiger partial charge in [-0.05, 0) is 12.1 Å². The number of nitrogens with two attached hydrogens (primary N) is 1. The Morgan fingerprint density at radius 1 is 1.11 bits per heavy atom. The maximum absolute atomic E-state index is 12.0. The Bertz CT molecular complexity index is 624. The number of rotatable bonds is 4. The summed E-state index contributed by atoms with van der Waals surface area (Å²) in [7, 11) is -3.83. The van der Waals surface area contributed by atoms with Gasteiger partial charge in [0.05, 0.1) is 0 Å². The Labute approximate surface area is 106 Å². The van der Waals surface area contributed by atoms with Crippen LogP contribution in [-0.2, 0) is 16.7 Å². The Hall–Kier alpha value is -1.85. The quantitative estimate of drug-likeness (QED) is 0.852. The third kappa shape index (κ3) is 2.69. The lowest BCUT2D eigenvalue weighted by Gasteiger charge is -2.09. The van der Waals surface area contributed by atoms with Gasteiger partial charge in [-0.1, -0.05) is 36.4 Å². The molecule has 2 aromatic rings. The first-order valence-electron chi connectivity index (χ1n) is 5.32. The van der Waals surface area contributed by atoms with E-state index < -0.39 is 10.1 Å². The molecule has 0 heterocycles. The van der Waals surface area contributed by atoms with Crippen molar-refractivity contribution in [1.29, 1.82) is 0 Å². The van der Waals surface area contributed by atoms with E-state index in [2.05, 4.69) is 6.07 Å². The zero-order valence-corrected chi connectivity index (χ0v) is 10.4. The minimum Gasteiger partial charge on any atom is -0.378 e. The highest BCUT2D eigenvalue weighted by atomic mass is 32.2. The Balaban J connectivity index is 2.34. The van der Waals surface area contributed by atoms with Crippen LogP contribution in [0.5, 0.6) is 5.75 Å². The summed E-state index contributed by atoms with van der Waals surface area (Å²) in [6.07, 6.45) is 0. The highest BCUT2D eigenvalue weighted by molar-refractivity contribution is 7.87. The fourth-order valence-corrected chi connectivity index (χ4v) is 2.40. The van der Waals surface area contributed by atoms with E-state index in [0.29, 0.717) is 5.56 Å². The molecule has 0 aliphatic carbocycles. The lowest BCUT2D eigenvalue weighted by Crippen LogP contribution is -2.11. The van der Waals surface area contributed by atoms with Gasteiger partial charge in [-0.2, -0.15) is 8.42 Å². The molecule has 2 rings (SSSR count). The Morgan fingerprint density at radius 3 is 2.50 bits per heavy atom. The summed E-state index contributed by atoms with van der Waals surface area (Å²) in [6, 6.07) is 15.7. The van der Waals surface area contributed by atoms with Gasteiger partial charge in [-0.15, -0.1) is 0 Å². The molecule has 0 bridgehead atoms. The van der Waals surface area contributed by atoms with Gasteiger partial charge in [0.25, 0.3) is 0 Å².